The van der Waals surface area contributed by atoms with Gasteiger partial charge in [-0.05, 0) is 30.0 Å². The van der Waals surface area contributed by atoms with E-state index in [1.165, 1.54) is 4.90 Å². The number of carbonyl (C=O) groups excluding carboxylic acids is 3. The van der Waals surface area contributed by atoms with E-state index >= 15 is 0 Å². The first-order valence-electron chi connectivity index (χ1n) is 7.97. The highest BCUT2D eigenvalue weighted by atomic mass is 32.2. The number of nitrogens with one attached hydrogen (secondary N) is 1. The molecule has 1 aliphatic rings. The van der Waals surface area contributed by atoms with Gasteiger partial charge in [0.05, 0.1) is 12.3 Å². The quantitative estimate of drug-likeness (QED) is 0.785. The Balaban J connectivity index is 2.05. The van der Waals surface area contributed by atoms with Crippen molar-refractivity contribution in [1.29, 1.82) is 0 Å². The number of amides is 3. The number of nitrogens with zero attached hydrogens (tertiary/aromatic N) is 1. The monoisotopic (exact) mass is 349 g/mol. The van der Waals surface area contributed by atoms with Gasteiger partial charge in [0.2, 0.25) is 5.91 Å². The van der Waals surface area contributed by atoms with Crippen LogP contribution in [0.4, 0.5) is 4.79 Å². The fraction of sp³-hybridized carbons (Fsp3) is 0.471. The van der Waals surface area contributed by atoms with Crippen molar-refractivity contribution in [3.8, 4) is 0 Å². The molecular formula is C17H23N3O3S. The molecule has 1 atom stereocenters. The maximum Gasteiger partial charge on any atom is 0.289 e. The van der Waals surface area contributed by atoms with E-state index in [0.717, 1.165) is 23.7 Å². The SMILES string of the molecule is CC(C)CC(CN)NC(=O)c1cccc(CN2C(=O)CSC2=O)c1. The molecule has 1 heterocycles. The molecule has 0 spiro atoms. The van der Waals surface area contributed by atoms with Gasteiger partial charge in [0, 0.05) is 18.2 Å². The van der Waals surface area contributed by atoms with E-state index in [0.29, 0.717) is 18.0 Å². The molecule has 3 N–H and O–H groups in total. The van der Waals surface area contributed by atoms with E-state index in [9.17, 15) is 14.4 Å². The Morgan fingerprint density at radius 2 is 2.12 bits per heavy atom. The highest BCUT2D eigenvalue weighted by Crippen LogP contribution is 2.21. The Kier molecular flexibility index (Phi) is 6.39. The first-order chi connectivity index (χ1) is 11.4. The van der Waals surface area contributed by atoms with E-state index in [1.54, 1.807) is 24.3 Å². The van der Waals surface area contributed by atoms with Crippen molar-refractivity contribution in [2.24, 2.45) is 11.7 Å². The average molecular weight is 349 g/mol. The molecule has 0 saturated carbocycles. The first-order valence-corrected chi connectivity index (χ1v) is 8.96. The predicted octanol–water partition coefficient (Wildman–Crippen LogP) is 1.99. The van der Waals surface area contributed by atoms with Gasteiger partial charge < -0.3 is 11.1 Å². The Labute approximate surface area is 146 Å². The van der Waals surface area contributed by atoms with Crippen molar-refractivity contribution < 1.29 is 14.4 Å². The Morgan fingerprint density at radius 1 is 1.38 bits per heavy atom. The summed E-state index contributed by atoms with van der Waals surface area (Å²) in [6, 6.07) is 6.91. The summed E-state index contributed by atoms with van der Waals surface area (Å²) in [7, 11) is 0. The number of benzene rings is 1. The van der Waals surface area contributed by atoms with Crippen LogP contribution in [0.1, 0.15) is 36.2 Å². The Bertz CT molecular complexity index is 617. The maximum atomic E-state index is 12.4. The number of carbonyl (C=O) groups is 3. The van der Waals surface area contributed by atoms with Crippen LogP contribution in [0.5, 0.6) is 0 Å². The molecule has 3 amide bonds. The van der Waals surface area contributed by atoms with Crippen LogP contribution in [0, 0.1) is 5.92 Å². The molecule has 1 aromatic carbocycles. The minimum Gasteiger partial charge on any atom is -0.348 e. The van der Waals surface area contributed by atoms with Crippen LogP contribution in [-0.4, -0.2) is 40.3 Å². The molecule has 7 heteroatoms. The Hall–Kier alpha value is -1.86. The summed E-state index contributed by atoms with van der Waals surface area (Å²) in [4.78, 5) is 37.0. The zero-order valence-electron chi connectivity index (χ0n) is 14.0. The third-order valence-corrected chi connectivity index (χ3v) is 4.60. The Morgan fingerprint density at radius 3 is 2.71 bits per heavy atom. The number of hydrogen-bond acceptors (Lipinski definition) is 5. The van der Waals surface area contributed by atoms with Crippen LogP contribution in [0.25, 0.3) is 0 Å². The van der Waals surface area contributed by atoms with Gasteiger partial charge in [-0.1, -0.05) is 37.7 Å². The summed E-state index contributed by atoms with van der Waals surface area (Å²) in [6.45, 7) is 4.74. The van der Waals surface area contributed by atoms with E-state index < -0.39 is 0 Å². The number of hydrogen-bond donors (Lipinski definition) is 2. The minimum absolute atomic E-state index is 0.0701. The molecule has 6 nitrogen and oxygen atoms in total. The first kappa shape index (κ1) is 18.5. The van der Waals surface area contributed by atoms with Crippen molar-refractivity contribution in [1.82, 2.24) is 10.2 Å². The van der Waals surface area contributed by atoms with Gasteiger partial charge in [-0.25, -0.2) is 0 Å². The highest BCUT2D eigenvalue weighted by molar-refractivity contribution is 8.14. The van der Waals surface area contributed by atoms with Gasteiger partial charge >= 0.3 is 0 Å². The molecule has 1 unspecified atom stereocenters. The third kappa shape index (κ3) is 4.82. The summed E-state index contributed by atoms with van der Waals surface area (Å²) in [5, 5.41) is 2.70. The van der Waals surface area contributed by atoms with Crippen molar-refractivity contribution in [2.75, 3.05) is 12.3 Å². The zero-order valence-corrected chi connectivity index (χ0v) is 14.8. The van der Waals surface area contributed by atoms with Crippen molar-refractivity contribution >= 4 is 28.8 Å². The van der Waals surface area contributed by atoms with Gasteiger partial charge in [-0.15, -0.1) is 0 Å². The lowest BCUT2D eigenvalue weighted by Gasteiger charge is -2.19. The molecule has 0 aromatic heterocycles. The van der Waals surface area contributed by atoms with Gasteiger partial charge in [-0.2, -0.15) is 0 Å². The smallest absolute Gasteiger partial charge is 0.289 e. The molecule has 1 aliphatic heterocycles. The largest absolute Gasteiger partial charge is 0.348 e. The van der Waals surface area contributed by atoms with Crippen LogP contribution < -0.4 is 11.1 Å². The second-order valence-electron chi connectivity index (χ2n) is 6.27. The fourth-order valence-corrected chi connectivity index (χ4v) is 3.30. The topological polar surface area (TPSA) is 92.5 Å². The molecular weight excluding hydrogens is 326 g/mol. The van der Waals surface area contributed by atoms with E-state index in [-0.39, 0.29) is 35.4 Å². The predicted molar refractivity (Wildman–Crippen MR) is 94.6 cm³/mol. The summed E-state index contributed by atoms with van der Waals surface area (Å²) in [5.74, 6) is 0.239. The lowest BCUT2D eigenvalue weighted by Crippen LogP contribution is -2.41. The third-order valence-electron chi connectivity index (χ3n) is 3.75. The van der Waals surface area contributed by atoms with Crippen LogP contribution >= 0.6 is 11.8 Å². The average Bonchev–Trinajstić information content (AvgIpc) is 2.86. The van der Waals surface area contributed by atoms with Crippen molar-refractivity contribution in [3.05, 3.63) is 35.4 Å². The van der Waals surface area contributed by atoms with Crippen LogP contribution in [0.3, 0.4) is 0 Å². The van der Waals surface area contributed by atoms with Gasteiger partial charge in [0.1, 0.15) is 0 Å². The summed E-state index contributed by atoms with van der Waals surface area (Å²) in [6.07, 6.45) is 0.815. The molecule has 1 saturated heterocycles. The van der Waals surface area contributed by atoms with E-state index in [2.05, 4.69) is 19.2 Å². The standard InChI is InChI=1S/C17H23N3O3S/c1-11(2)6-14(8-18)19-16(22)13-5-3-4-12(7-13)9-20-15(21)10-24-17(20)23/h3-5,7,11,14H,6,8-10,18H2,1-2H3,(H,19,22). The summed E-state index contributed by atoms with van der Waals surface area (Å²) >= 11 is 1.00. The maximum absolute atomic E-state index is 12.4. The second kappa shape index (κ2) is 8.30. The summed E-state index contributed by atoms with van der Waals surface area (Å²) in [5.41, 5.74) is 6.97. The molecule has 24 heavy (non-hydrogen) atoms. The lowest BCUT2D eigenvalue weighted by atomic mass is 10.0. The van der Waals surface area contributed by atoms with Crippen LogP contribution in [0.15, 0.2) is 24.3 Å². The van der Waals surface area contributed by atoms with E-state index in [1.807, 2.05) is 0 Å². The van der Waals surface area contributed by atoms with Crippen molar-refractivity contribution in [2.45, 2.75) is 32.9 Å². The van der Waals surface area contributed by atoms with Gasteiger partial charge in [0.25, 0.3) is 11.1 Å². The molecule has 0 radical (unpaired) electrons. The molecule has 0 bridgehead atoms. The number of thioether (sulfide) groups is 1. The van der Waals surface area contributed by atoms with Gasteiger partial charge in [-0.3, -0.25) is 19.3 Å². The van der Waals surface area contributed by atoms with Crippen LogP contribution in [0.2, 0.25) is 0 Å². The lowest BCUT2D eigenvalue weighted by molar-refractivity contribution is -0.125. The highest BCUT2D eigenvalue weighted by Gasteiger charge is 2.29. The number of rotatable bonds is 7. The second-order valence-corrected chi connectivity index (χ2v) is 7.20. The fourth-order valence-electron chi connectivity index (χ4n) is 2.58. The molecule has 130 valence electrons. The molecule has 2 rings (SSSR count). The number of imide groups is 1. The van der Waals surface area contributed by atoms with Crippen molar-refractivity contribution in [3.63, 3.8) is 0 Å². The van der Waals surface area contributed by atoms with Gasteiger partial charge in [0.15, 0.2) is 0 Å². The number of nitrogens with two attached hydrogens (primary N) is 1. The van der Waals surface area contributed by atoms with E-state index in [4.69, 9.17) is 5.73 Å². The minimum atomic E-state index is -0.241. The normalized spacial score (nSPS) is 15.9. The molecule has 1 aromatic rings. The summed E-state index contributed by atoms with van der Waals surface area (Å²) < 4.78 is 0. The molecule has 1 fully saturated rings. The van der Waals surface area contributed by atoms with Crippen LogP contribution in [-0.2, 0) is 11.3 Å². The molecule has 0 aliphatic carbocycles. The zero-order chi connectivity index (χ0) is 17.7.